The van der Waals surface area contributed by atoms with E-state index in [-0.39, 0.29) is 0 Å². The number of piperidine rings is 1. The molecule has 4 nitrogen and oxygen atoms in total. The molecule has 2 heterocycles. The molecule has 1 aliphatic rings. The lowest BCUT2D eigenvalue weighted by molar-refractivity contribution is -0.119. The summed E-state index contributed by atoms with van der Waals surface area (Å²) in [6.45, 7) is 2.30. The Morgan fingerprint density at radius 2 is 2.20 bits per heavy atom. The van der Waals surface area contributed by atoms with Crippen LogP contribution in [0.25, 0.3) is 0 Å². The van der Waals surface area contributed by atoms with Gasteiger partial charge in [-0.25, -0.2) is 0 Å². The lowest BCUT2D eigenvalue weighted by atomic mass is 10.1. The third-order valence-corrected chi connectivity index (χ3v) is 3.12. The first-order valence-electron chi connectivity index (χ1n) is 5.40. The number of carbonyl (C=O) groups is 1. The van der Waals surface area contributed by atoms with Crippen molar-refractivity contribution < 1.29 is 4.79 Å². The molecular weight excluding hydrogens is 190 g/mol. The van der Waals surface area contributed by atoms with Crippen LogP contribution in [0.2, 0.25) is 0 Å². The van der Waals surface area contributed by atoms with Gasteiger partial charge in [0.15, 0.2) is 0 Å². The van der Waals surface area contributed by atoms with E-state index >= 15 is 0 Å². The monoisotopic (exact) mass is 207 g/mol. The maximum atomic E-state index is 10.6. The molecule has 4 heteroatoms. The molecule has 0 aromatic carbocycles. The highest BCUT2D eigenvalue weighted by Gasteiger charge is 2.19. The number of likely N-dealkylation sites (tertiary alicyclic amines) is 1. The number of nitrogens with two attached hydrogens (primary N) is 1. The highest BCUT2D eigenvalue weighted by atomic mass is 16.1. The maximum absolute atomic E-state index is 10.6. The zero-order valence-corrected chi connectivity index (χ0v) is 8.80. The molecule has 82 valence electrons. The Hall–Kier alpha value is -1.29. The number of aromatic nitrogens is 1. The van der Waals surface area contributed by atoms with E-state index in [4.69, 9.17) is 5.73 Å². The van der Waals surface area contributed by atoms with Gasteiger partial charge >= 0.3 is 0 Å². The fourth-order valence-corrected chi connectivity index (χ4v) is 2.23. The highest BCUT2D eigenvalue weighted by Crippen LogP contribution is 2.23. The smallest absolute Gasteiger partial charge is 0.209 e. The molecule has 1 fully saturated rings. The second kappa shape index (κ2) is 4.49. The van der Waals surface area contributed by atoms with Crippen molar-refractivity contribution in [1.29, 1.82) is 0 Å². The van der Waals surface area contributed by atoms with Crippen LogP contribution in [0, 0.1) is 0 Å². The van der Waals surface area contributed by atoms with E-state index in [0.717, 1.165) is 32.3 Å². The van der Waals surface area contributed by atoms with Crippen LogP contribution in [-0.2, 0) is 11.3 Å². The summed E-state index contributed by atoms with van der Waals surface area (Å²) in [5.74, 6) is 0. The number of rotatable bonds is 3. The zero-order chi connectivity index (χ0) is 10.7. The van der Waals surface area contributed by atoms with E-state index in [2.05, 4.69) is 16.8 Å². The summed E-state index contributed by atoms with van der Waals surface area (Å²) in [6, 6.07) is 4.61. The van der Waals surface area contributed by atoms with E-state index in [1.54, 1.807) is 0 Å². The third-order valence-electron chi connectivity index (χ3n) is 3.12. The molecule has 0 unspecified atom stereocenters. The summed E-state index contributed by atoms with van der Waals surface area (Å²) in [7, 11) is 0. The fourth-order valence-electron chi connectivity index (χ4n) is 2.23. The summed E-state index contributed by atoms with van der Waals surface area (Å²) in [5, 5.41) is 0. The third kappa shape index (κ3) is 2.04. The van der Waals surface area contributed by atoms with Gasteiger partial charge in [0, 0.05) is 37.6 Å². The van der Waals surface area contributed by atoms with Crippen molar-refractivity contribution in [2.45, 2.75) is 25.4 Å². The van der Waals surface area contributed by atoms with Crippen molar-refractivity contribution in [3.05, 3.63) is 24.0 Å². The Bertz CT molecular complexity index is 326. The molecule has 2 rings (SSSR count). The second-order valence-electron chi connectivity index (χ2n) is 3.98. The molecular formula is C11H17N3O. The van der Waals surface area contributed by atoms with Crippen LogP contribution in [0.1, 0.15) is 24.6 Å². The Morgan fingerprint density at radius 1 is 1.47 bits per heavy atom. The zero-order valence-electron chi connectivity index (χ0n) is 8.80. The largest absolute Gasteiger partial charge is 0.347 e. The molecule has 2 N–H and O–H groups in total. The van der Waals surface area contributed by atoms with Gasteiger partial charge in [-0.1, -0.05) is 0 Å². The van der Waals surface area contributed by atoms with Crippen LogP contribution in [0.5, 0.6) is 0 Å². The van der Waals surface area contributed by atoms with Crippen LogP contribution in [0.4, 0.5) is 0 Å². The molecule has 0 aliphatic carbocycles. The molecule has 1 amide bonds. The minimum Gasteiger partial charge on any atom is -0.347 e. The van der Waals surface area contributed by atoms with Gasteiger partial charge in [0.25, 0.3) is 0 Å². The van der Waals surface area contributed by atoms with Crippen molar-refractivity contribution in [2.75, 3.05) is 13.1 Å². The number of hydrogen-bond donors (Lipinski definition) is 1. The van der Waals surface area contributed by atoms with Gasteiger partial charge in [-0.3, -0.25) is 4.79 Å². The van der Waals surface area contributed by atoms with Gasteiger partial charge in [-0.15, -0.1) is 0 Å². The van der Waals surface area contributed by atoms with E-state index in [0.29, 0.717) is 12.6 Å². The number of amides is 1. The Morgan fingerprint density at radius 3 is 2.80 bits per heavy atom. The van der Waals surface area contributed by atoms with Crippen LogP contribution in [0.15, 0.2) is 18.3 Å². The van der Waals surface area contributed by atoms with E-state index in [1.165, 1.54) is 5.69 Å². The average molecular weight is 207 g/mol. The maximum Gasteiger partial charge on any atom is 0.209 e. The van der Waals surface area contributed by atoms with Gasteiger partial charge in [-0.05, 0) is 25.0 Å². The molecule has 15 heavy (non-hydrogen) atoms. The number of nitrogens with zero attached hydrogens (tertiary/aromatic N) is 2. The summed E-state index contributed by atoms with van der Waals surface area (Å²) < 4.78 is 2.25. The van der Waals surface area contributed by atoms with E-state index < -0.39 is 0 Å². The standard InChI is InChI=1S/C11H17N3O/c12-8-11-2-1-5-14(11)10-3-6-13(9-15)7-4-10/h1-2,5,9-10H,3-4,6-8,12H2. The second-order valence-corrected chi connectivity index (χ2v) is 3.98. The average Bonchev–Trinajstić information content (AvgIpc) is 2.77. The van der Waals surface area contributed by atoms with Crippen molar-refractivity contribution in [3.8, 4) is 0 Å². The van der Waals surface area contributed by atoms with E-state index in [1.807, 2.05) is 11.0 Å². The van der Waals surface area contributed by atoms with Gasteiger partial charge in [0.2, 0.25) is 6.41 Å². The van der Waals surface area contributed by atoms with Crippen molar-refractivity contribution >= 4 is 6.41 Å². The normalized spacial score (nSPS) is 18.1. The lowest BCUT2D eigenvalue weighted by Crippen LogP contribution is -2.33. The molecule has 0 bridgehead atoms. The quantitative estimate of drug-likeness (QED) is 0.743. The molecule has 0 spiro atoms. The van der Waals surface area contributed by atoms with Gasteiger partial charge in [0.1, 0.15) is 0 Å². The molecule has 1 aromatic heterocycles. The predicted molar refractivity (Wildman–Crippen MR) is 58.2 cm³/mol. The molecule has 1 aliphatic heterocycles. The Balaban J connectivity index is 2.04. The van der Waals surface area contributed by atoms with Crippen molar-refractivity contribution in [2.24, 2.45) is 5.73 Å². The SMILES string of the molecule is NCc1cccn1C1CCN(C=O)CC1. The first-order chi connectivity index (χ1) is 7.35. The summed E-state index contributed by atoms with van der Waals surface area (Å²) in [5.41, 5.74) is 6.85. The fraction of sp³-hybridized carbons (Fsp3) is 0.545. The molecule has 0 saturated carbocycles. The van der Waals surface area contributed by atoms with Crippen LogP contribution in [0.3, 0.4) is 0 Å². The summed E-state index contributed by atoms with van der Waals surface area (Å²) >= 11 is 0. The summed E-state index contributed by atoms with van der Waals surface area (Å²) in [6.07, 6.45) is 5.08. The topological polar surface area (TPSA) is 51.3 Å². The first-order valence-corrected chi connectivity index (χ1v) is 5.40. The lowest BCUT2D eigenvalue weighted by Gasteiger charge is -2.31. The van der Waals surface area contributed by atoms with Gasteiger partial charge < -0.3 is 15.2 Å². The minimum atomic E-state index is 0.509. The Kier molecular flexibility index (Phi) is 3.06. The van der Waals surface area contributed by atoms with Crippen LogP contribution < -0.4 is 5.73 Å². The minimum absolute atomic E-state index is 0.509. The first kappa shape index (κ1) is 10.2. The van der Waals surface area contributed by atoms with Crippen LogP contribution >= 0.6 is 0 Å². The van der Waals surface area contributed by atoms with Crippen molar-refractivity contribution in [1.82, 2.24) is 9.47 Å². The molecule has 0 atom stereocenters. The summed E-state index contributed by atoms with van der Waals surface area (Å²) in [4.78, 5) is 12.4. The number of carbonyl (C=O) groups excluding carboxylic acids is 1. The van der Waals surface area contributed by atoms with E-state index in [9.17, 15) is 4.79 Å². The van der Waals surface area contributed by atoms with Gasteiger partial charge in [0.05, 0.1) is 0 Å². The number of hydrogen-bond acceptors (Lipinski definition) is 2. The highest BCUT2D eigenvalue weighted by molar-refractivity contribution is 5.47. The predicted octanol–water partition coefficient (Wildman–Crippen LogP) is 0.740. The van der Waals surface area contributed by atoms with Crippen molar-refractivity contribution in [3.63, 3.8) is 0 Å². The molecule has 1 saturated heterocycles. The van der Waals surface area contributed by atoms with Crippen LogP contribution in [-0.4, -0.2) is 29.0 Å². The Labute approximate surface area is 89.7 Å². The molecule has 0 radical (unpaired) electrons. The van der Waals surface area contributed by atoms with Gasteiger partial charge in [-0.2, -0.15) is 0 Å². The molecule has 1 aromatic rings.